The zero-order chi connectivity index (χ0) is 15.2. The van der Waals surface area contributed by atoms with Gasteiger partial charge < -0.3 is 10.1 Å². The van der Waals surface area contributed by atoms with E-state index in [1.807, 2.05) is 0 Å². The molecule has 7 heteroatoms. The van der Waals surface area contributed by atoms with Gasteiger partial charge in [-0.05, 0) is 32.8 Å². The second kappa shape index (κ2) is 7.04. The summed E-state index contributed by atoms with van der Waals surface area (Å²) in [6.45, 7) is 7.78. The molecule has 112 valence electrons. The van der Waals surface area contributed by atoms with Crippen LogP contribution >= 0.6 is 0 Å². The van der Waals surface area contributed by atoms with Crippen molar-refractivity contribution in [1.29, 1.82) is 0 Å². The maximum atomic E-state index is 11.5. The van der Waals surface area contributed by atoms with E-state index < -0.39 is 11.6 Å². The number of rotatable bonds is 8. The van der Waals surface area contributed by atoms with Crippen molar-refractivity contribution in [2.75, 3.05) is 19.9 Å². The van der Waals surface area contributed by atoms with Gasteiger partial charge in [-0.2, -0.15) is 0 Å². The van der Waals surface area contributed by atoms with Crippen LogP contribution < -0.4 is 10.6 Å². The Balaban J connectivity index is 2.15. The molecule has 0 unspecified atom stereocenters. The van der Waals surface area contributed by atoms with Crippen LogP contribution in [0.5, 0.6) is 0 Å². The van der Waals surface area contributed by atoms with Crippen LogP contribution in [-0.4, -0.2) is 48.2 Å². The molecule has 0 radical (unpaired) electrons. The van der Waals surface area contributed by atoms with Crippen molar-refractivity contribution < 1.29 is 19.1 Å². The predicted octanol–water partition coefficient (Wildman–Crippen LogP) is 0.373. The van der Waals surface area contributed by atoms with Gasteiger partial charge >= 0.3 is 6.03 Å². The van der Waals surface area contributed by atoms with Crippen molar-refractivity contribution >= 4 is 17.8 Å². The molecule has 0 spiro atoms. The number of nitrogens with one attached hydrogen (secondary N) is 2. The molecule has 1 heterocycles. The van der Waals surface area contributed by atoms with Crippen LogP contribution in [0, 0.1) is 0 Å². The minimum atomic E-state index is -0.880. The molecule has 0 aromatic rings. The third-order valence-electron chi connectivity index (χ3n) is 3.12. The fourth-order valence-electron chi connectivity index (χ4n) is 1.68. The molecular formula is C13H21N3O4. The van der Waals surface area contributed by atoms with Crippen molar-refractivity contribution in [3.8, 4) is 0 Å². The van der Waals surface area contributed by atoms with Crippen molar-refractivity contribution in [3.05, 3.63) is 12.7 Å². The van der Waals surface area contributed by atoms with E-state index in [2.05, 4.69) is 17.2 Å². The number of unbranched alkanes of at least 4 members (excludes halogenated alkanes) is 1. The molecule has 0 aromatic carbocycles. The van der Waals surface area contributed by atoms with E-state index >= 15 is 0 Å². The van der Waals surface area contributed by atoms with E-state index in [9.17, 15) is 14.4 Å². The van der Waals surface area contributed by atoms with Gasteiger partial charge in [0, 0.05) is 13.2 Å². The Hall–Kier alpha value is -1.89. The average Bonchev–Trinajstić information content (AvgIpc) is 2.58. The quantitative estimate of drug-likeness (QED) is 0.383. The molecule has 1 rings (SSSR count). The Morgan fingerprint density at radius 3 is 2.70 bits per heavy atom. The lowest BCUT2D eigenvalue weighted by atomic mass is 10.1. The first-order chi connectivity index (χ1) is 9.39. The number of carbonyl (C=O) groups excluding carboxylic acids is 3. The number of carbonyl (C=O) groups is 3. The molecule has 1 fully saturated rings. The average molecular weight is 283 g/mol. The zero-order valence-electron chi connectivity index (χ0n) is 11.9. The summed E-state index contributed by atoms with van der Waals surface area (Å²) < 4.78 is 5.39. The number of nitrogens with zero attached hydrogens (tertiary/aromatic N) is 1. The SMILES string of the molecule is C=CC(=O)NCCCCOCN1C(=O)NC(=O)C1(C)C. The van der Waals surface area contributed by atoms with Crippen LogP contribution in [0.2, 0.25) is 0 Å². The lowest BCUT2D eigenvalue weighted by Crippen LogP contribution is -2.45. The highest BCUT2D eigenvalue weighted by atomic mass is 16.5. The number of amides is 4. The third-order valence-corrected chi connectivity index (χ3v) is 3.12. The molecule has 0 bridgehead atoms. The van der Waals surface area contributed by atoms with Crippen LogP contribution in [0.3, 0.4) is 0 Å². The molecule has 4 amide bonds. The fraction of sp³-hybridized carbons (Fsp3) is 0.615. The molecule has 0 aromatic heterocycles. The lowest BCUT2D eigenvalue weighted by Gasteiger charge is -2.27. The van der Waals surface area contributed by atoms with Crippen molar-refractivity contribution in [2.24, 2.45) is 0 Å². The van der Waals surface area contributed by atoms with E-state index in [0.29, 0.717) is 13.2 Å². The molecular weight excluding hydrogens is 262 g/mol. The summed E-state index contributed by atoms with van der Waals surface area (Å²) >= 11 is 0. The Bertz CT molecular complexity index is 406. The molecule has 0 atom stereocenters. The molecule has 2 N–H and O–H groups in total. The largest absolute Gasteiger partial charge is 0.361 e. The highest BCUT2D eigenvalue weighted by molar-refractivity contribution is 6.06. The van der Waals surface area contributed by atoms with Crippen molar-refractivity contribution in [3.63, 3.8) is 0 Å². The van der Waals surface area contributed by atoms with Crippen LogP contribution in [0.1, 0.15) is 26.7 Å². The Morgan fingerprint density at radius 2 is 2.15 bits per heavy atom. The minimum absolute atomic E-state index is 0.0730. The first kappa shape index (κ1) is 16.2. The molecule has 20 heavy (non-hydrogen) atoms. The predicted molar refractivity (Wildman–Crippen MR) is 72.7 cm³/mol. The van der Waals surface area contributed by atoms with E-state index in [1.54, 1.807) is 13.8 Å². The van der Waals surface area contributed by atoms with Crippen LogP contribution in [0.25, 0.3) is 0 Å². The standard InChI is InChI=1S/C13H21N3O4/c1-4-10(17)14-7-5-6-8-20-9-16-12(19)15-11(18)13(16,2)3/h4H,1,5-9H2,2-3H3,(H,14,17)(H,15,18,19). The van der Waals surface area contributed by atoms with Gasteiger partial charge in [0.15, 0.2) is 0 Å². The van der Waals surface area contributed by atoms with E-state index in [1.165, 1.54) is 11.0 Å². The number of urea groups is 1. The van der Waals surface area contributed by atoms with Crippen LogP contribution in [-0.2, 0) is 14.3 Å². The van der Waals surface area contributed by atoms with E-state index in [4.69, 9.17) is 4.74 Å². The first-order valence-electron chi connectivity index (χ1n) is 6.50. The topological polar surface area (TPSA) is 87.7 Å². The number of hydrogen-bond donors (Lipinski definition) is 2. The Morgan fingerprint density at radius 1 is 1.45 bits per heavy atom. The smallest absolute Gasteiger partial charge is 0.326 e. The van der Waals surface area contributed by atoms with Crippen LogP contribution in [0.15, 0.2) is 12.7 Å². The maximum Gasteiger partial charge on any atom is 0.326 e. The Kier molecular flexibility index (Phi) is 5.69. The summed E-state index contributed by atoms with van der Waals surface area (Å²) in [6.07, 6.45) is 2.75. The zero-order valence-corrected chi connectivity index (χ0v) is 11.9. The van der Waals surface area contributed by atoms with E-state index in [0.717, 1.165) is 12.8 Å². The molecule has 0 aliphatic carbocycles. The molecule has 7 nitrogen and oxygen atoms in total. The molecule has 1 aliphatic rings. The second-order valence-electron chi connectivity index (χ2n) is 4.99. The van der Waals surface area contributed by atoms with Crippen LogP contribution in [0.4, 0.5) is 4.79 Å². The fourth-order valence-corrected chi connectivity index (χ4v) is 1.68. The first-order valence-corrected chi connectivity index (χ1v) is 6.50. The summed E-state index contributed by atoms with van der Waals surface area (Å²) in [6, 6.07) is -0.432. The number of ether oxygens (including phenoxy) is 1. The summed E-state index contributed by atoms with van der Waals surface area (Å²) in [7, 11) is 0. The minimum Gasteiger partial charge on any atom is -0.361 e. The Labute approximate surface area is 118 Å². The lowest BCUT2D eigenvalue weighted by molar-refractivity contribution is -0.126. The highest BCUT2D eigenvalue weighted by Crippen LogP contribution is 2.20. The van der Waals surface area contributed by atoms with Gasteiger partial charge in [0.05, 0.1) is 0 Å². The molecule has 1 saturated heterocycles. The number of hydrogen-bond acceptors (Lipinski definition) is 4. The van der Waals surface area contributed by atoms with Crippen molar-refractivity contribution in [2.45, 2.75) is 32.2 Å². The van der Waals surface area contributed by atoms with Gasteiger partial charge in [0.2, 0.25) is 5.91 Å². The van der Waals surface area contributed by atoms with Gasteiger partial charge in [0.1, 0.15) is 12.3 Å². The van der Waals surface area contributed by atoms with Gasteiger partial charge in [-0.25, -0.2) is 4.79 Å². The monoisotopic (exact) mass is 283 g/mol. The van der Waals surface area contributed by atoms with Gasteiger partial charge in [-0.3, -0.25) is 19.8 Å². The summed E-state index contributed by atoms with van der Waals surface area (Å²) in [5.74, 6) is -0.516. The van der Waals surface area contributed by atoms with Gasteiger partial charge in [-0.15, -0.1) is 0 Å². The van der Waals surface area contributed by atoms with Gasteiger partial charge in [-0.1, -0.05) is 6.58 Å². The molecule has 0 saturated carbocycles. The summed E-state index contributed by atoms with van der Waals surface area (Å²) in [5.41, 5.74) is -0.880. The summed E-state index contributed by atoms with van der Waals surface area (Å²) in [4.78, 5) is 35.3. The second-order valence-corrected chi connectivity index (χ2v) is 4.99. The third kappa shape index (κ3) is 4.06. The van der Waals surface area contributed by atoms with Gasteiger partial charge in [0.25, 0.3) is 5.91 Å². The normalized spacial score (nSPS) is 17.0. The molecule has 1 aliphatic heterocycles. The highest BCUT2D eigenvalue weighted by Gasteiger charge is 2.45. The summed E-state index contributed by atoms with van der Waals surface area (Å²) in [5, 5.41) is 4.91. The van der Waals surface area contributed by atoms with E-state index in [-0.39, 0.29) is 18.5 Å². The maximum absolute atomic E-state index is 11.5. The van der Waals surface area contributed by atoms with Crippen molar-refractivity contribution in [1.82, 2.24) is 15.5 Å². The number of imide groups is 1.